The van der Waals surface area contributed by atoms with Gasteiger partial charge in [-0.2, -0.15) is 0 Å². The lowest BCUT2D eigenvalue weighted by Crippen LogP contribution is -2.18. The molecular weight excluding hydrogens is 232 g/mol. The van der Waals surface area contributed by atoms with Gasteiger partial charge < -0.3 is 4.42 Å². The normalized spacial score (nSPS) is 16.9. The Morgan fingerprint density at radius 1 is 1.00 bits per heavy atom. The van der Waals surface area contributed by atoms with Gasteiger partial charge >= 0.3 is 0 Å². The van der Waals surface area contributed by atoms with E-state index >= 15 is 0 Å². The molecule has 1 aliphatic carbocycles. The molecule has 1 nitrogen and oxygen atoms in total. The van der Waals surface area contributed by atoms with E-state index < -0.39 is 0 Å². The molecule has 0 unspecified atom stereocenters. The second kappa shape index (κ2) is 4.97. The molecule has 0 N–H and O–H groups in total. The van der Waals surface area contributed by atoms with E-state index in [-0.39, 0.29) is 5.41 Å². The van der Waals surface area contributed by atoms with Crippen LogP contribution in [0.25, 0.3) is 0 Å². The monoisotopic (exact) mass is 250 g/mol. The van der Waals surface area contributed by atoms with Crippen LogP contribution >= 0.6 is 0 Å². The molecule has 1 aromatic carbocycles. The molecular formula is C18H18O. The number of hydrogen-bond donors (Lipinski definition) is 0. The summed E-state index contributed by atoms with van der Waals surface area (Å²) in [7, 11) is 0. The molecule has 0 amide bonds. The van der Waals surface area contributed by atoms with Crippen molar-refractivity contribution in [1.82, 2.24) is 0 Å². The van der Waals surface area contributed by atoms with E-state index in [2.05, 4.69) is 30.0 Å². The first-order chi connectivity index (χ1) is 9.28. The van der Waals surface area contributed by atoms with E-state index in [1.165, 1.54) is 12.8 Å². The Morgan fingerprint density at radius 2 is 1.74 bits per heavy atom. The lowest BCUT2D eigenvalue weighted by molar-refractivity contribution is 0.397. The summed E-state index contributed by atoms with van der Waals surface area (Å²) >= 11 is 0. The lowest BCUT2D eigenvalue weighted by Gasteiger charge is -2.19. The molecule has 19 heavy (non-hydrogen) atoms. The van der Waals surface area contributed by atoms with Crippen molar-refractivity contribution in [3.05, 3.63) is 59.5 Å². The van der Waals surface area contributed by atoms with Crippen molar-refractivity contribution < 1.29 is 4.42 Å². The third-order valence-electron chi connectivity index (χ3n) is 3.89. The van der Waals surface area contributed by atoms with Gasteiger partial charge in [0, 0.05) is 5.56 Å². The number of hydrogen-bond acceptors (Lipinski definition) is 1. The van der Waals surface area contributed by atoms with Gasteiger partial charge in [0.25, 0.3) is 0 Å². The molecule has 96 valence electrons. The van der Waals surface area contributed by atoms with E-state index in [0.29, 0.717) is 0 Å². The van der Waals surface area contributed by atoms with Crippen molar-refractivity contribution >= 4 is 0 Å². The third kappa shape index (κ3) is 2.44. The van der Waals surface area contributed by atoms with Crippen LogP contribution in [0.1, 0.15) is 42.8 Å². The minimum atomic E-state index is -0.0654. The predicted octanol–water partition coefficient (Wildman–Crippen LogP) is 4.45. The highest BCUT2D eigenvalue weighted by molar-refractivity contribution is 5.40. The molecule has 2 aromatic rings. The van der Waals surface area contributed by atoms with Crippen molar-refractivity contribution in [2.75, 3.05) is 0 Å². The number of rotatable bonds is 1. The summed E-state index contributed by atoms with van der Waals surface area (Å²) < 4.78 is 5.86. The van der Waals surface area contributed by atoms with Crippen LogP contribution in [0.5, 0.6) is 0 Å². The summed E-state index contributed by atoms with van der Waals surface area (Å²) in [5, 5.41) is 0. The Morgan fingerprint density at radius 3 is 2.37 bits per heavy atom. The minimum Gasteiger partial charge on any atom is -0.465 e. The Labute approximate surface area is 114 Å². The average Bonchev–Trinajstić information content (AvgIpc) is 3.07. The molecule has 1 heteroatoms. The van der Waals surface area contributed by atoms with Crippen LogP contribution in [-0.4, -0.2) is 0 Å². The quantitative estimate of drug-likeness (QED) is 0.681. The SMILES string of the molecule is Cc1ccc(C2(C#Cc3ccccc3)CCCC2)o1. The van der Waals surface area contributed by atoms with Gasteiger partial charge in [-0.1, -0.05) is 42.9 Å². The summed E-state index contributed by atoms with van der Waals surface area (Å²) in [6.45, 7) is 2.00. The van der Waals surface area contributed by atoms with E-state index in [0.717, 1.165) is 29.9 Å². The summed E-state index contributed by atoms with van der Waals surface area (Å²) in [5.74, 6) is 8.84. The van der Waals surface area contributed by atoms with Crippen molar-refractivity contribution in [1.29, 1.82) is 0 Å². The second-order valence-corrected chi connectivity index (χ2v) is 5.32. The Bertz CT molecular complexity index is 604. The van der Waals surface area contributed by atoms with Gasteiger partial charge in [0.15, 0.2) is 0 Å². The Balaban J connectivity index is 1.96. The molecule has 0 spiro atoms. The Hall–Kier alpha value is -1.94. The van der Waals surface area contributed by atoms with E-state index in [1.807, 2.05) is 31.2 Å². The molecule has 0 saturated heterocycles. The van der Waals surface area contributed by atoms with Crippen LogP contribution in [0.3, 0.4) is 0 Å². The second-order valence-electron chi connectivity index (χ2n) is 5.32. The van der Waals surface area contributed by atoms with Crippen LogP contribution in [0, 0.1) is 18.8 Å². The highest BCUT2D eigenvalue weighted by Crippen LogP contribution is 2.41. The molecule has 0 radical (unpaired) electrons. The molecule has 1 aromatic heterocycles. The first-order valence-corrected chi connectivity index (χ1v) is 6.94. The van der Waals surface area contributed by atoms with Crippen LogP contribution < -0.4 is 0 Å². The van der Waals surface area contributed by atoms with Gasteiger partial charge in [-0.25, -0.2) is 0 Å². The summed E-state index contributed by atoms with van der Waals surface area (Å²) in [6.07, 6.45) is 4.70. The van der Waals surface area contributed by atoms with Crippen LogP contribution in [0.15, 0.2) is 46.9 Å². The summed E-state index contributed by atoms with van der Waals surface area (Å²) in [5.41, 5.74) is 1.02. The standard InChI is InChI=1S/C18H18O/c1-15-9-10-17(19-15)18(12-5-6-13-18)14-11-16-7-3-2-4-8-16/h2-4,7-10H,5-6,12-13H2,1H3. The van der Waals surface area contributed by atoms with E-state index in [1.54, 1.807) is 0 Å². The minimum absolute atomic E-state index is 0.0654. The molecule has 1 aliphatic rings. The molecule has 0 bridgehead atoms. The smallest absolute Gasteiger partial charge is 0.122 e. The average molecular weight is 250 g/mol. The highest BCUT2D eigenvalue weighted by Gasteiger charge is 2.36. The third-order valence-corrected chi connectivity index (χ3v) is 3.89. The molecule has 1 saturated carbocycles. The molecule has 3 rings (SSSR count). The van der Waals surface area contributed by atoms with Crippen LogP contribution in [-0.2, 0) is 5.41 Å². The van der Waals surface area contributed by atoms with Crippen molar-refractivity contribution in [3.63, 3.8) is 0 Å². The van der Waals surface area contributed by atoms with Gasteiger partial charge in [0.05, 0.1) is 5.41 Å². The van der Waals surface area contributed by atoms with Crippen molar-refractivity contribution in [2.24, 2.45) is 0 Å². The largest absolute Gasteiger partial charge is 0.465 e. The highest BCUT2D eigenvalue weighted by atomic mass is 16.3. The summed E-state index contributed by atoms with van der Waals surface area (Å²) in [6, 6.07) is 14.3. The molecule has 0 aliphatic heterocycles. The summed E-state index contributed by atoms with van der Waals surface area (Å²) in [4.78, 5) is 0. The first-order valence-electron chi connectivity index (χ1n) is 6.94. The van der Waals surface area contributed by atoms with Gasteiger partial charge in [-0.05, 0) is 44.0 Å². The van der Waals surface area contributed by atoms with Gasteiger partial charge in [0.2, 0.25) is 0 Å². The maximum atomic E-state index is 5.86. The number of furan rings is 1. The molecule has 1 heterocycles. The first kappa shape index (κ1) is 12.1. The van der Waals surface area contributed by atoms with Crippen molar-refractivity contribution in [3.8, 4) is 11.8 Å². The Kier molecular flexibility index (Phi) is 3.17. The number of benzene rings is 1. The maximum absolute atomic E-state index is 5.86. The van der Waals surface area contributed by atoms with E-state index in [4.69, 9.17) is 4.42 Å². The van der Waals surface area contributed by atoms with E-state index in [9.17, 15) is 0 Å². The van der Waals surface area contributed by atoms with Gasteiger partial charge in [0.1, 0.15) is 11.5 Å². The predicted molar refractivity (Wildman–Crippen MR) is 76.9 cm³/mol. The fourth-order valence-electron chi connectivity index (χ4n) is 2.82. The zero-order valence-electron chi connectivity index (χ0n) is 11.3. The zero-order chi connectivity index (χ0) is 13.1. The fourth-order valence-corrected chi connectivity index (χ4v) is 2.82. The van der Waals surface area contributed by atoms with Crippen molar-refractivity contribution in [2.45, 2.75) is 38.0 Å². The number of aryl methyl sites for hydroxylation is 1. The zero-order valence-corrected chi connectivity index (χ0v) is 11.3. The van der Waals surface area contributed by atoms with Gasteiger partial charge in [-0.3, -0.25) is 0 Å². The lowest BCUT2D eigenvalue weighted by atomic mass is 9.84. The fraction of sp³-hybridized carbons (Fsp3) is 0.333. The topological polar surface area (TPSA) is 13.1 Å². The maximum Gasteiger partial charge on any atom is 0.122 e. The molecule has 1 fully saturated rings. The molecule has 0 atom stereocenters. The van der Waals surface area contributed by atoms with Crippen LogP contribution in [0.4, 0.5) is 0 Å². The van der Waals surface area contributed by atoms with Gasteiger partial charge in [-0.15, -0.1) is 0 Å². The van der Waals surface area contributed by atoms with Crippen LogP contribution in [0.2, 0.25) is 0 Å².